The Balaban J connectivity index is 1.54. The van der Waals surface area contributed by atoms with Gasteiger partial charge in [0.25, 0.3) is 5.91 Å². The van der Waals surface area contributed by atoms with Crippen LogP contribution in [0.3, 0.4) is 0 Å². The van der Waals surface area contributed by atoms with E-state index in [0.29, 0.717) is 11.6 Å². The summed E-state index contributed by atoms with van der Waals surface area (Å²) in [5.41, 5.74) is 0.689. The summed E-state index contributed by atoms with van der Waals surface area (Å²) >= 11 is 0. The van der Waals surface area contributed by atoms with Crippen molar-refractivity contribution in [3.8, 4) is 0 Å². The first-order chi connectivity index (χ1) is 11.2. The zero-order chi connectivity index (χ0) is 16.2. The number of aromatic nitrogens is 5. The molecule has 7 heteroatoms. The molecule has 1 aliphatic heterocycles. The normalized spacial score (nSPS) is 16.0. The quantitative estimate of drug-likeness (QED) is 0.910. The number of likely N-dealkylation sites (tertiary alicyclic amines) is 1. The summed E-state index contributed by atoms with van der Waals surface area (Å²) in [6.07, 6.45) is 5.48. The lowest BCUT2D eigenvalue weighted by atomic mass is 9.93. The van der Waals surface area contributed by atoms with E-state index in [0.717, 1.165) is 57.0 Å². The Morgan fingerprint density at radius 1 is 1.35 bits per heavy atom. The minimum atomic E-state index is 0.0933. The molecule has 1 fully saturated rings. The number of hydrogen-bond donors (Lipinski definition) is 1. The molecular formula is C16H24N6O. The number of piperidine rings is 1. The van der Waals surface area contributed by atoms with Crippen LogP contribution in [0, 0.1) is 5.92 Å². The van der Waals surface area contributed by atoms with Crippen LogP contribution >= 0.6 is 0 Å². The molecule has 1 aliphatic rings. The van der Waals surface area contributed by atoms with Gasteiger partial charge in [0, 0.05) is 38.7 Å². The molecule has 0 spiro atoms. The molecule has 0 saturated carbocycles. The van der Waals surface area contributed by atoms with Gasteiger partial charge in [-0.2, -0.15) is 10.2 Å². The number of nitrogens with zero attached hydrogens (tertiary/aromatic N) is 5. The average Bonchev–Trinajstić information content (AvgIpc) is 3.23. The minimum absolute atomic E-state index is 0.0933. The van der Waals surface area contributed by atoms with Gasteiger partial charge in [0.1, 0.15) is 17.3 Å². The van der Waals surface area contributed by atoms with Gasteiger partial charge in [0.05, 0.1) is 0 Å². The maximum Gasteiger partial charge on any atom is 0.272 e. The molecule has 124 valence electrons. The van der Waals surface area contributed by atoms with Crippen molar-refractivity contribution < 1.29 is 4.79 Å². The summed E-state index contributed by atoms with van der Waals surface area (Å²) in [4.78, 5) is 19.0. The van der Waals surface area contributed by atoms with E-state index in [4.69, 9.17) is 0 Å². The zero-order valence-electron chi connectivity index (χ0n) is 13.8. The molecule has 0 aromatic carbocycles. The minimum Gasteiger partial charge on any atom is -0.337 e. The second kappa shape index (κ2) is 6.93. The number of aromatic amines is 1. The first-order valence-corrected chi connectivity index (χ1v) is 8.42. The fourth-order valence-electron chi connectivity index (χ4n) is 3.13. The van der Waals surface area contributed by atoms with Crippen LogP contribution in [0.5, 0.6) is 0 Å². The van der Waals surface area contributed by atoms with Gasteiger partial charge in [-0.3, -0.25) is 14.6 Å². The molecular weight excluding hydrogens is 292 g/mol. The van der Waals surface area contributed by atoms with Gasteiger partial charge >= 0.3 is 0 Å². The van der Waals surface area contributed by atoms with Crippen LogP contribution in [-0.2, 0) is 19.4 Å². The maximum absolute atomic E-state index is 12.6. The molecule has 3 heterocycles. The fourth-order valence-corrected chi connectivity index (χ4v) is 3.13. The number of carbonyl (C=O) groups excluding carboxylic acids is 1. The first-order valence-electron chi connectivity index (χ1n) is 8.42. The summed E-state index contributed by atoms with van der Waals surface area (Å²) in [6, 6.07) is 1.80. The highest BCUT2D eigenvalue weighted by atomic mass is 16.2. The number of rotatable bonds is 5. The molecule has 1 amide bonds. The predicted molar refractivity (Wildman–Crippen MR) is 86.0 cm³/mol. The van der Waals surface area contributed by atoms with Crippen molar-refractivity contribution in [2.24, 2.45) is 5.92 Å². The number of nitrogens with one attached hydrogen (secondary N) is 1. The van der Waals surface area contributed by atoms with Crippen LogP contribution in [0.15, 0.2) is 12.3 Å². The molecule has 0 atom stereocenters. The van der Waals surface area contributed by atoms with E-state index >= 15 is 0 Å². The summed E-state index contributed by atoms with van der Waals surface area (Å²) < 4.78 is 1.76. The zero-order valence-corrected chi connectivity index (χ0v) is 13.8. The molecule has 3 rings (SSSR count). The number of carbonyl (C=O) groups is 1. The van der Waals surface area contributed by atoms with Gasteiger partial charge in [-0.1, -0.05) is 6.92 Å². The lowest BCUT2D eigenvalue weighted by Crippen LogP contribution is -2.39. The smallest absolute Gasteiger partial charge is 0.272 e. The Kier molecular flexibility index (Phi) is 4.73. The van der Waals surface area contributed by atoms with E-state index in [-0.39, 0.29) is 5.91 Å². The van der Waals surface area contributed by atoms with Crippen LogP contribution in [0.4, 0.5) is 0 Å². The van der Waals surface area contributed by atoms with Crippen molar-refractivity contribution in [2.75, 3.05) is 13.1 Å². The number of amides is 1. The van der Waals surface area contributed by atoms with E-state index in [1.165, 1.54) is 0 Å². The standard InChI is InChI=1S/C16H24N6O/c1-3-14-18-15(20-19-14)11-12-6-9-21(10-7-12)16(23)13-5-8-17-22(13)4-2/h5,8,12H,3-4,6-7,9-11H2,1-2H3,(H,18,19,20). The Hall–Kier alpha value is -2.18. The van der Waals surface area contributed by atoms with Gasteiger partial charge in [-0.25, -0.2) is 4.98 Å². The summed E-state index contributed by atoms with van der Waals surface area (Å²) in [5, 5.41) is 11.4. The van der Waals surface area contributed by atoms with Crippen LogP contribution < -0.4 is 0 Å². The average molecular weight is 316 g/mol. The van der Waals surface area contributed by atoms with E-state index < -0.39 is 0 Å². The molecule has 0 aliphatic carbocycles. The third-order valence-corrected chi connectivity index (χ3v) is 4.51. The number of aryl methyl sites for hydroxylation is 2. The maximum atomic E-state index is 12.6. The van der Waals surface area contributed by atoms with Crippen molar-refractivity contribution in [1.29, 1.82) is 0 Å². The number of H-pyrrole nitrogens is 1. The number of hydrogen-bond acceptors (Lipinski definition) is 4. The third kappa shape index (κ3) is 3.43. The van der Waals surface area contributed by atoms with Crippen molar-refractivity contribution >= 4 is 5.91 Å². The van der Waals surface area contributed by atoms with Gasteiger partial charge in [0.2, 0.25) is 0 Å². The van der Waals surface area contributed by atoms with Crippen molar-refractivity contribution in [3.63, 3.8) is 0 Å². The molecule has 2 aromatic rings. The van der Waals surface area contributed by atoms with Crippen LogP contribution in [0.1, 0.15) is 48.8 Å². The largest absolute Gasteiger partial charge is 0.337 e. The highest BCUT2D eigenvalue weighted by Gasteiger charge is 2.26. The second-order valence-electron chi connectivity index (χ2n) is 6.02. The van der Waals surface area contributed by atoms with E-state index in [1.807, 2.05) is 11.8 Å². The second-order valence-corrected chi connectivity index (χ2v) is 6.02. The molecule has 1 saturated heterocycles. The molecule has 0 unspecified atom stereocenters. The lowest BCUT2D eigenvalue weighted by Gasteiger charge is -2.31. The molecule has 2 aromatic heterocycles. The fraction of sp³-hybridized carbons (Fsp3) is 0.625. The molecule has 23 heavy (non-hydrogen) atoms. The van der Waals surface area contributed by atoms with E-state index in [1.54, 1.807) is 16.9 Å². The van der Waals surface area contributed by atoms with Gasteiger partial charge in [0.15, 0.2) is 0 Å². The van der Waals surface area contributed by atoms with Gasteiger partial charge < -0.3 is 4.90 Å². The van der Waals surface area contributed by atoms with Crippen molar-refractivity contribution in [1.82, 2.24) is 29.9 Å². The van der Waals surface area contributed by atoms with Crippen LogP contribution in [-0.4, -0.2) is 48.9 Å². The third-order valence-electron chi connectivity index (χ3n) is 4.51. The lowest BCUT2D eigenvalue weighted by molar-refractivity contribution is 0.0677. The Morgan fingerprint density at radius 2 is 2.13 bits per heavy atom. The Labute approximate surface area is 136 Å². The van der Waals surface area contributed by atoms with Crippen LogP contribution in [0.25, 0.3) is 0 Å². The SMILES string of the molecule is CCc1n[nH]c(CC2CCN(C(=O)c3ccnn3CC)CC2)n1. The van der Waals surface area contributed by atoms with E-state index in [9.17, 15) is 4.79 Å². The van der Waals surface area contributed by atoms with E-state index in [2.05, 4.69) is 27.2 Å². The van der Waals surface area contributed by atoms with Crippen molar-refractivity contribution in [2.45, 2.75) is 46.1 Å². The van der Waals surface area contributed by atoms with Crippen LogP contribution in [0.2, 0.25) is 0 Å². The molecule has 1 N–H and O–H groups in total. The van der Waals surface area contributed by atoms with Crippen molar-refractivity contribution in [3.05, 3.63) is 29.6 Å². The molecule has 0 radical (unpaired) electrons. The Bertz CT molecular complexity index is 653. The highest BCUT2D eigenvalue weighted by molar-refractivity contribution is 5.92. The summed E-state index contributed by atoms with van der Waals surface area (Å²) in [6.45, 7) is 6.37. The monoisotopic (exact) mass is 316 g/mol. The van der Waals surface area contributed by atoms with Gasteiger partial charge in [-0.05, 0) is 31.7 Å². The topological polar surface area (TPSA) is 79.7 Å². The highest BCUT2D eigenvalue weighted by Crippen LogP contribution is 2.21. The van der Waals surface area contributed by atoms with Gasteiger partial charge in [-0.15, -0.1) is 0 Å². The molecule has 0 bridgehead atoms. The predicted octanol–water partition coefficient (Wildman–Crippen LogP) is 1.68. The first kappa shape index (κ1) is 15.7. The summed E-state index contributed by atoms with van der Waals surface area (Å²) in [5.74, 6) is 2.50. The molecule has 7 nitrogen and oxygen atoms in total. The summed E-state index contributed by atoms with van der Waals surface area (Å²) in [7, 11) is 0. The Morgan fingerprint density at radius 3 is 2.78 bits per heavy atom.